The molecule has 0 aromatic heterocycles. The number of nitrogens with zero attached hydrogens (tertiary/aromatic N) is 1. The molecule has 3 amide bonds. The first kappa shape index (κ1) is 19.6. The molecule has 0 bridgehead atoms. The number of carbonyl (C=O) groups is 3. The minimum Gasteiger partial charge on any atom is -0.452 e. The summed E-state index contributed by atoms with van der Waals surface area (Å²) in [7, 11) is 0. The first-order chi connectivity index (χ1) is 11.2. The predicted molar refractivity (Wildman–Crippen MR) is 87.5 cm³/mol. The van der Waals surface area contributed by atoms with Gasteiger partial charge in [0.2, 0.25) is 0 Å². The Morgan fingerprint density at radius 3 is 2.62 bits per heavy atom. The Hall–Kier alpha value is -2.49. The van der Waals surface area contributed by atoms with E-state index in [1.807, 2.05) is 12.2 Å². The first-order valence-corrected chi connectivity index (χ1v) is 7.75. The maximum Gasteiger partial charge on any atom is 0.338 e. The number of esters is 1. The summed E-state index contributed by atoms with van der Waals surface area (Å²) in [5, 5.41) is 15.3. The highest BCUT2D eigenvalue weighted by Gasteiger charge is 2.18. The molecule has 1 atom stereocenters. The van der Waals surface area contributed by atoms with Crippen LogP contribution in [0.3, 0.4) is 0 Å². The number of urea groups is 1. The van der Waals surface area contributed by atoms with E-state index < -0.39 is 29.4 Å². The molecule has 10 heteroatoms. The van der Waals surface area contributed by atoms with Gasteiger partial charge in [0, 0.05) is 12.1 Å². The fourth-order valence-corrected chi connectivity index (χ4v) is 1.91. The number of hydrogen-bond acceptors (Lipinski definition) is 6. The molecule has 0 radical (unpaired) electrons. The number of amides is 3. The zero-order valence-electron chi connectivity index (χ0n) is 13.0. The zero-order chi connectivity index (χ0) is 18.3. The van der Waals surface area contributed by atoms with Crippen molar-refractivity contribution in [3.63, 3.8) is 0 Å². The number of carbonyl (C=O) groups excluding carboxylic acids is 3. The molecule has 0 aliphatic carbocycles. The maximum absolute atomic E-state index is 11.8. The molecule has 0 unspecified atom stereocenters. The van der Waals surface area contributed by atoms with Gasteiger partial charge in [-0.15, -0.1) is 0 Å². The molecule has 24 heavy (non-hydrogen) atoms. The van der Waals surface area contributed by atoms with Crippen molar-refractivity contribution < 1.29 is 24.0 Å². The summed E-state index contributed by atoms with van der Waals surface area (Å²) in [6, 6.07) is 2.87. The maximum atomic E-state index is 11.8. The molecule has 1 aromatic rings. The van der Waals surface area contributed by atoms with E-state index in [4.69, 9.17) is 4.74 Å². The van der Waals surface area contributed by atoms with Gasteiger partial charge in [-0.25, -0.2) is 9.59 Å². The standard InChI is InChI=1S/C14H16BrN3O6/c1-3-8(2)16-14(21)17-12(19)7-24-13(20)9-4-5-10(15)11(6-9)18(22)23/h4-6,8H,3,7H2,1-2H3,(H2,16,17,19,21)/t8-/m1/s1. The van der Waals surface area contributed by atoms with Gasteiger partial charge in [0.25, 0.3) is 11.6 Å². The van der Waals surface area contributed by atoms with Crippen LogP contribution < -0.4 is 10.6 Å². The fraction of sp³-hybridized carbons (Fsp3) is 0.357. The van der Waals surface area contributed by atoms with Gasteiger partial charge in [0.1, 0.15) is 0 Å². The number of benzene rings is 1. The van der Waals surface area contributed by atoms with Gasteiger partial charge < -0.3 is 10.1 Å². The molecule has 2 N–H and O–H groups in total. The molecule has 0 fully saturated rings. The van der Waals surface area contributed by atoms with E-state index in [0.29, 0.717) is 6.42 Å². The van der Waals surface area contributed by atoms with Crippen LogP contribution in [0.25, 0.3) is 0 Å². The number of ether oxygens (including phenoxy) is 1. The third kappa shape index (κ3) is 5.95. The number of rotatable bonds is 6. The molecule has 0 spiro atoms. The van der Waals surface area contributed by atoms with Crippen molar-refractivity contribution >= 4 is 39.5 Å². The van der Waals surface area contributed by atoms with E-state index in [9.17, 15) is 24.5 Å². The molecule has 9 nitrogen and oxygen atoms in total. The lowest BCUT2D eigenvalue weighted by molar-refractivity contribution is -0.385. The van der Waals surface area contributed by atoms with Crippen LogP contribution in [0.5, 0.6) is 0 Å². The van der Waals surface area contributed by atoms with E-state index in [-0.39, 0.29) is 21.8 Å². The second-order valence-electron chi connectivity index (χ2n) is 4.83. The van der Waals surface area contributed by atoms with Gasteiger partial charge in [-0.3, -0.25) is 20.2 Å². The van der Waals surface area contributed by atoms with Gasteiger partial charge in [-0.2, -0.15) is 0 Å². The normalized spacial score (nSPS) is 11.3. The third-order valence-corrected chi connectivity index (χ3v) is 3.63. The summed E-state index contributed by atoms with van der Waals surface area (Å²) in [5.74, 6) is -1.72. The smallest absolute Gasteiger partial charge is 0.338 e. The predicted octanol–water partition coefficient (Wildman–Crippen LogP) is 2.14. The summed E-state index contributed by atoms with van der Waals surface area (Å²) in [6.45, 7) is 2.95. The molecule has 0 aliphatic rings. The number of hydrogen-bond donors (Lipinski definition) is 2. The number of halogens is 1. The molecule has 1 aromatic carbocycles. The van der Waals surface area contributed by atoms with Gasteiger partial charge >= 0.3 is 12.0 Å². The van der Waals surface area contributed by atoms with Gasteiger partial charge in [0.15, 0.2) is 6.61 Å². The van der Waals surface area contributed by atoms with Crippen LogP contribution in [0.4, 0.5) is 10.5 Å². The van der Waals surface area contributed by atoms with Crippen LogP contribution in [-0.4, -0.2) is 35.5 Å². The Bertz CT molecular complexity index is 664. The minimum absolute atomic E-state index is 0.0817. The molecular weight excluding hydrogens is 386 g/mol. The molecular formula is C14H16BrN3O6. The number of nitrogens with one attached hydrogen (secondary N) is 2. The summed E-state index contributed by atoms with van der Waals surface area (Å²) in [6.07, 6.45) is 0.693. The average molecular weight is 402 g/mol. The van der Waals surface area contributed by atoms with E-state index in [2.05, 4.69) is 21.2 Å². The number of imide groups is 1. The molecule has 0 aliphatic heterocycles. The first-order valence-electron chi connectivity index (χ1n) is 6.96. The van der Waals surface area contributed by atoms with E-state index in [1.165, 1.54) is 12.1 Å². The van der Waals surface area contributed by atoms with Crippen molar-refractivity contribution in [3.8, 4) is 0 Å². The van der Waals surface area contributed by atoms with Crippen LogP contribution in [-0.2, 0) is 9.53 Å². The SMILES string of the molecule is CC[C@@H](C)NC(=O)NC(=O)COC(=O)c1ccc(Br)c([N+](=O)[O-])c1. The van der Waals surface area contributed by atoms with Crippen molar-refractivity contribution in [2.24, 2.45) is 0 Å². The molecule has 1 rings (SSSR count). The topological polar surface area (TPSA) is 128 Å². The van der Waals surface area contributed by atoms with Crippen molar-refractivity contribution in [2.75, 3.05) is 6.61 Å². The Balaban J connectivity index is 2.57. The zero-order valence-corrected chi connectivity index (χ0v) is 14.6. The Morgan fingerprint density at radius 2 is 2.04 bits per heavy atom. The van der Waals surface area contributed by atoms with Crippen molar-refractivity contribution in [2.45, 2.75) is 26.3 Å². The second kappa shape index (κ2) is 8.96. The largest absolute Gasteiger partial charge is 0.452 e. The van der Waals surface area contributed by atoms with Gasteiger partial charge in [-0.1, -0.05) is 6.92 Å². The van der Waals surface area contributed by atoms with Crippen molar-refractivity contribution in [1.82, 2.24) is 10.6 Å². The highest BCUT2D eigenvalue weighted by Crippen LogP contribution is 2.25. The summed E-state index contributed by atoms with van der Waals surface area (Å²) >= 11 is 2.99. The van der Waals surface area contributed by atoms with Crippen LogP contribution in [0, 0.1) is 10.1 Å². The van der Waals surface area contributed by atoms with Crippen LogP contribution in [0.1, 0.15) is 30.6 Å². The van der Waals surface area contributed by atoms with E-state index in [0.717, 1.165) is 6.07 Å². The lowest BCUT2D eigenvalue weighted by Crippen LogP contribution is -2.44. The summed E-state index contributed by atoms with van der Waals surface area (Å²) < 4.78 is 4.94. The Morgan fingerprint density at radius 1 is 1.38 bits per heavy atom. The highest BCUT2D eigenvalue weighted by atomic mass is 79.9. The summed E-state index contributed by atoms with van der Waals surface area (Å²) in [4.78, 5) is 44.9. The lowest BCUT2D eigenvalue weighted by Gasteiger charge is -2.11. The molecule has 0 saturated carbocycles. The second-order valence-corrected chi connectivity index (χ2v) is 5.68. The van der Waals surface area contributed by atoms with Crippen LogP contribution in [0.2, 0.25) is 0 Å². The summed E-state index contributed by atoms with van der Waals surface area (Å²) in [5.41, 5.74) is -0.386. The fourth-order valence-electron chi connectivity index (χ4n) is 1.52. The van der Waals surface area contributed by atoms with Crippen molar-refractivity contribution in [1.29, 1.82) is 0 Å². The van der Waals surface area contributed by atoms with Gasteiger partial charge in [-0.05, 0) is 41.4 Å². The number of nitro groups is 1. The monoisotopic (exact) mass is 401 g/mol. The lowest BCUT2D eigenvalue weighted by atomic mass is 10.2. The third-order valence-electron chi connectivity index (χ3n) is 2.96. The van der Waals surface area contributed by atoms with Gasteiger partial charge in [0.05, 0.1) is 15.0 Å². The van der Waals surface area contributed by atoms with Crippen LogP contribution in [0.15, 0.2) is 22.7 Å². The molecule has 0 saturated heterocycles. The van der Waals surface area contributed by atoms with Crippen LogP contribution >= 0.6 is 15.9 Å². The Labute approximate surface area is 146 Å². The van der Waals surface area contributed by atoms with E-state index >= 15 is 0 Å². The molecule has 0 heterocycles. The van der Waals surface area contributed by atoms with E-state index in [1.54, 1.807) is 6.92 Å². The number of nitro benzene ring substituents is 1. The minimum atomic E-state index is -0.914. The highest BCUT2D eigenvalue weighted by molar-refractivity contribution is 9.10. The average Bonchev–Trinajstić information content (AvgIpc) is 2.52. The quantitative estimate of drug-likeness (QED) is 0.426. The molecule has 130 valence electrons. The Kier molecular flexibility index (Phi) is 7.31. The van der Waals surface area contributed by atoms with Crippen molar-refractivity contribution in [3.05, 3.63) is 38.3 Å².